The van der Waals surface area contributed by atoms with Crippen molar-refractivity contribution < 1.29 is 9.32 Å². The fraction of sp³-hybridized carbons (Fsp3) is 0.316. The zero-order valence-electron chi connectivity index (χ0n) is 14.9. The van der Waals surface area contributed by atoms with Crippen molar-refractivity contribution in [3.8, 4) is 10.7 Å². The fourth-order valence-corrected chi connectivity index (χ4v) is 4.24. The molecule has 146 valence electrons. The first kappa shape index (κ1) is 19.4. The number of carbonyl (C=O) groups is 1. The number of nitrogens with zero attached hydrogens (tertiary/aromatic N) is 3. The number of halogens is 2. The Morgan fingerprint density at radius 1 is 1.36 bits per heavy atom. The summed E-state index contributed by atoms with van der Waals surface area (Å²) in [6.45, 7) is 2.04. The molecule has 4 rings (SSSR count). The molecular formula is C19H18Cl2N4O2S. The van der Waals surface area contributed by atoms with Gasteiger partial charge in [0.1, 0.15) is 0 Å². The van der Waals surface area contributed by atoms with E-state index >= 15 is 0 Å². The van der Waals surface area contributed by atoms with Gasteiger partial charge in [0.05, 0.1) is 28.0 Å². The lowest BCUT2D eigenvalue weighted by atomic mass is 9.97. The van der Waals surface area contributed by atoms with Gasteiger partial charge in [-0.25, -0.2) is 0 Å². The zero-order valence-corrected chi connectivity index (χ0v) is 17.2. The molecule has 1 fully saturated rings. The first-order chi connectivity index (χ1) is 13.6. The van der Waals surface area contributed by atoms with Crippen LogP contribution < -0.4 is 5.32 Å². The van der Waals surface area contributed by atoms with Crippen LogP contribution in [0.3, 0.4) is 0 Å². The molecule has 3 heterocycles. The highest BCUT2D eigenvalue weighted by atomic mass is 35.5. The molecule has 1 aromatic carbocycles. The SMILES string of the molecule is O=C(Nc1cc(Cl)ccc1Cl)C1CCCN(Cc2nc(-c3cccs3)no2)C1. The number of benzene rings is 1. The van der Waals surface area contributed by atoms with Gasteiger partial charge in [0.2, 0.25) is 17.6 Å². The van der Waals surface area contributed by atoms with Crippen molar-refractivity contribution in [3.05, 3.63) is 51.6 Å². The number of thiophene rings is 1. The highest BCUT2D eigenvalue weighted by Gasteiger charge is 2.27. The van der Waals surface area contributed by atoms with Crippen molar-refractivity contribution in [2.45, 2.75) is 19.4 Å². The second-order valence-electron chi connectivity index (χ2n) is 6.68. The van der Waals surface area contributed by atoms with E-state index in [0.29, 0.717) is 40.5 Å². The average Bonchev–Trinajstić information content (AvgIpc) is 3.36. The highest BCUT2D eigenvalue weighted by Crippen LogP contribution is 2.27. The third-order valence-electron chi connectivity index (χ3n) is 4.63. The van der Waals surface area contributed by atoms with Crippen molar-refractivity contribution >= 4 is 46.1 Å². The Morgan fingerprint density at radius 2 is 2.25 bits per heavy atom. The molecule has 6 nitrogen and oxygen atoms in total. The van der Waals surface area contributed by atoms with Crippen molar-refractivity contribution in [1.29, 1.82) is 0 Å². The van der Waals surface area contributed by atoms with Crippen molar-refractivity contribution in [3.63, 3.8) is 0 Å². The molecule has 28 heavy (non-hydrogen) atoms. The predicted octanol–water partition coefficient (Wildman–Crippen LogP) is 4.96. The number of carbonyl (C=O) groups excluding carboxylic acids is 1. The van der Waals surface area contributed by atoms with E-state index in [1.165, 1.54) is 0 Å². The smallest absolute Gasteiger partial charge is 0.241 e. The Bertz CT molecular complexity index is 961. The van der Waals surface area contributed by atoms with E-state index in [9.17, 15) is 4.79 Å². The lowest BCUT2D eigenvalue weighted by Gasteiger charge is -2.30. The summed E-state index contributed by atoms with van der Waals surface area (Å²) >= 11 is 13.7. The Labute approximate surface area is 176 Å². The molecule has 1 atom stereocenters. The molecule has 0 bridgehead atoms. The number of likely N-dealkylation sites (tertiary alicyclic amines) is 1. The summed E-state index contributed by atoms with van der Waals surface area (Å²) in [4.78, 5) is 20.3. The Hall–Kier alpha value is -1.93. The van der Waals surface area contributed by atoms with Gasteiger partial charge in [-0.3, -0.25) is 9.69 Å². The van der Waals surface area contributed by atoms with Crippen LogP contribution >= 0.6 is 34.5 Å². The number of amides is 1. The van der Waals surface area contributed by atoms with E-state index in [2.05, 4.69) is 20.4 Å². The first-order valence-electron chi connectivity index (χ1n) is 8.93. The summed E-state index contributed by atoms with van der Waals surface area (Å²) in [5, 5.41) is 9.92. The lowest BCUT2D eigenvalue weighted by Crippen LogP contribution is -2.40. The molecular weight excluding hydrogens is 419 g/mol. The molecule has 0 radical (unpaired) electrons. The second-order valence-corrected chi connectivity index (χ2v) is 8.47. The minimum Gasteiger partial charge on any atom is -0.338 e. The van der Waals surface area contributed by atoms with E-state index in [1.807, 2.05) is 17.5 Å². The maximum absolute atomic E-state index is 12.7. The highest BCUT2D eigenvalue weighted by molar-refractivity contribution is 7.13. The van der Waals surface area contributed by atoms with E-state index in [1.54, 1.807) is 29.5 Å². The van der Waals surface area contributed by atoms with E-state index in [4.69, 9.17) is 27.7 Å². The average molecular weight is 437 g/mol. The summed E-state index contributed by atoms with van der Waals surface area (Å²) in [7, 11) is 0. The minimum atomic E-state index is -0.136. The lowest BCUT2D eigenvalue weighted by molar-refractivity contribution is -0.121. The number of rotatable bonds is 5. The third-order valence-corrected chi connectivity index (χ3v) is 6.06. The monoisotopic (exact) mass is 436 g/mol. The van der Waals surface area contributed by atoms with E-state index < -0.39 is 0 Å². The quantitative estimate of drug-likeness (QED) is 0.611. The number of aromatic nitrogens is 2. The molecule has 1 amide bonds. The topological polar surface area (TPSA) is 71.3 Å². The van der Waals surface area contributed by atoms with Crippen LogP contribution in [0.2, 0.25) is 10.0 Å². The maximum atomic E-state index is 12.7. The molecule has 2 aromatic heterocycles. The van der Waals surface area contributed by atoms with Gasteiger partial charge in [-0.2, -0.15) is 4.98 Å². The molecule has 0 spiro atoms. The predicted molar refractivity (Wildman–Crippen MR) is 111 cm³/mol. The van der Waals surface area contributed by atoms with Gasteiger partial charge >= 0.3 is 0 Å². The largest absolute Gasteiger partial charge is 0.338 e. The van der Waals surface area contributed by atoms with Crippen molar-refractivity contribution in [2.75, 3.05) is 18.4 Å². The van der Waals surface area contributed by atoms with Crippen LogP contribution in [-0.2, 0) is 11.3 Å². The number of piperidine rings is 1. The van der Waals surface area contributed by atoms with Gasteiger partial charge in [-0.15, -0.1) is 11.3 Å². The summed E-state index contributed by atoms with van der Waals surface area (Å²) in [6, 6.07) is 8.94. The number of hydrogen-bond acceptors (Lipinski definition) is 6. The van der Waals surface area contributed by atoms with Crippen LogP contribution in [-0.4, -0.2) is 34.0 Å². The fourth-order valence-electron chi connectivity index (χ4n) is 3.26. The zero-order chi connectivity index (χ0) is 19.5. The second kappa shape index (κ2) is 8.61. The molecule has 0 aliphatic carbocycles. The van der Waals surface area contributed by atoms with Crippen LogP contribution in [0.1, 0.15) is 18.7 Å². The van der Waals surface area contributed by atoms with Gasteiger partial charge in [0, 0.05) is 11.6 Å². The normalized spacial score (nSPS) is 17.6. The van der Waals surface area contributed by atoms with Crippen molar-refractivity contribution in [1.82, 2.24) is 15.0 Å². The number of nitrogens with one attached hydrogen (secondary N) is 1. The molecule has 1 aliphatic heterocycles. The van der Waals surface area contributed by atoms with Gasteiger partial charge in [-0.05, 0) is 49.0 Å². The summed E-state index contributed by atoms with van der Waals surface area (Å²) in [5.41, 5.74) is 0.536. The number of anilines is 1. The van der Waals surface area contributed by atoms with E-state index in [0.717, 1.165) is 24.3 Å². The molecule has 0 saturated carbocycles. The van der Waals surface area contributed by atoms with Crippen LogP contribution in [0.4, 0.5) is 5.69 Å². The number of hydrogen-bond donors (Lipinski definition) is 1. The Morgan fingerprint density at radius 3 is 3.07 bits per heavy atom. The standard InChI is InChI=1S/C19H18Cl2N4O2S/c20-13-5-6-14(21)15(9-13)22-19(26)12-3-1-7-25(10-12)11-17-23-18(24-27-17)16-4-2-8-28-16/h2,4-6,8-9,12H,1,3,7,10-11H2,(H,22,26). The Kier molecular flexibility index (Phi) is 5.96. The molecule has 1 N–H and O–H groups in total. The van der Waals surface area contributed by atoms with Crippen molar-refractivity contribution in [2.24, 2.45) is 5.92 Å². The molecule has 3 aromatic rings. The van der Waals surface area contributed by atoms with Crippen LogP contribution in [0.15, 0.2) is 40.2 Å². The van der Waals surface area contributed by atoms with Gasteiger partial charge in [0.15, 0.2) is 0 Å². The molecule has 1 saturated heterocycles. The first-order valence-corrected chi connectivity index (χ1v) is 10.6. The summed E-state index contributed by atoms with van der Waals surface area (Å²) < 4.78 is 5.38. The van der Waals surface area contributed by atoms with Crippen LogP contribution in [0.5, 0.6) is 0 Å². The molecule has 9 heteroatoms. The third kappa shape index (κ3) is 4.55. The summed E-state index contributed by atoms with van der Waals surface area (Å²) in [5.74, 6) is 0.969. The molecule has 1 unspecified atom stereocenters. The maximum Gasteiger partial charge on any atom is 0.241 e. The van der Waals surface area contributed by atoms with Gasteiger partial charge in [0.25, 0.3) is 0 Å². The summed E-state index contributed by atoms with van der Waals surface area (Å²) in [6.07, 6.45) is 1.75. The Balaban J connectivity index is 1.37. The van der Waals surface area contributed by atoms with Crippen LogP contribution in [0, 0.1) is 5.92 Å². The van der Waals surface area contributed by atoms with Gasteiger partial charge in [-0.1, -0.05) is 34.4 Å². The van der Waals surface area contributed by atoms with Gasteiger partial charge < -0.3 is 9.84 Å². The minimum absolute atomic E-state index is 0.0568. The molecule has 1 aliphatic rings. The van der Waals surface area contributed by atoms with E-state index in [-0.39, 0.29) is 11.8 Å². The van der Waals surface area contributed by atoms with Crippen LogP contribution in [0.25, 0.3) is 10.7 Å².